The average Bonchev–Trinajstić information content (AvgIpc) is 2.35. The molecule has 96 valence electrons. The van der Waals surface area contributed by atoms with Gasteiger partial charge in [-0.1, -0.05) is 19.1 Å². The fourth-order valence-electron chi connectivity index (χ4n) is 1.68. The minimum atomic E-state index is -1.53. The molecule has 0 atom stereocenters. The van der Waals surface area contributed by atoms with Crippen LogP contribution in [0.3, 0.4) is 0 Å². The number of para-hydroxylation sites is 1. The number of anilines is 1. The third-order valence-electron chi connectivity index (χ3n) is 2.45. The molecule has 0 spiro atoms. The molecular formula is C13H15NO4. The van der Waals surface area contributed by atoms with E-state index in [1.807, 2.05) is 6.92 Å². The summed E-state index contributed by atoms with van der Waals surface area (Å²) in [6.07, 6.45) is 0.602. The first-order valence-electron chi connectivity index (χ1n) is 5.63. The van der Waals surface area contributed by atoms with E-state index in [0.717, 1.165) is 4.90 Å². The second-order valence-corrected chi connectivity index (χ2v) is 3.84. The van der Waals surface area contributed by atoms with Crippen LogP contribution in [0.25, 0.3) is 0 Å². The number of amides is 1. The van der Waals surface area contributed by atoms with Gasteiger partial charge in [0.15, 0.2) is 5.78 Å². The maximum atomic E-state index is 11.6. The lowest BCUT2D eigenvalue weighted by Crippen LogP contribution is -2.37. The highest BCUT2D eigenvalue weighted by Gasteiger charge is 2.24. The van der Waals surface area contributed by atoms with Crippen molar-refractivity contribution in [1.82, 2.24) is 0 Å². The quantitative estimate of drug-likeness (QED) is 0.651. The third kappa shape index (κ3) is 2.94. The Bertz CT molecular complexity index is 482. The van der Waals surface area contributed by atoms with E-state index in [4.69, 9.17) is 5.11 Å². The van der Waals surface area contributed by atoms with Crippen molar-refractivity contribution in [3.05, 3.63) is 29.8 Å². The summed E-state index contributed by atoms with van der Waals surface area (Å²) in [7, 11) is 0. The maximum Gasteiger partial charge on any atom is 0.394 e. The van der Waals surface area contributed by atoms with Crippen LogP contribution in [0.4, 0.5) is 5.69 Å². The number of hydrogen-bond donors (Lipinski definition) is 1. The van der Waals surface area contributed by atoms with Crippen LogP contribution in [0.15, 0.2) is 24.3 Å². The van der Waals surface area contributed by atoms with E-state index in [2.05, 4.69) is 0 Å². The third-order valence-corrected chi connectivity index (χ3v) is 2.45. The predicted octanol–water partition coefficient (Wildman–Crippen LogP) is 1.72. The van der Waals surface area contributed by atoms with Gasteiger partial charge < -0.3 is 10.0 Å². The minimum absolute atomic E-state index is 0.204. The Morgan fingerprint density at radius 3 is 2.33 bits per heavy atom. The van der Waals surface area contributed by atoms with Gasteiger partial charge in [-0.25, -0.2) is 4.79 Å². The number of hydrogen-bond acceptors (Lipinski definition) is 3. The number of nitrogens with zero attached hydrogens (tertiary/aromatic N) is 1. The molecule has 18 heavy (non-hydrogen) atoms. The van der Waals surface area contributed by atoms with Gasteiger partial charge in [0.1, 0.15) is 0 Å². The van der Waals surface area contributed by atoms with E-state index in [0.29, 0.717) is 17.7 Å². The van der Waals surface area contributed by atoms with Gasteiger partial charge in [0, 0.05) is 12.1 Å². The van der Waals surface area contributed by atoms with Crippen LogP contribution in [-0.2, 0) is 9.59 Å². The molecule has 0 aliphatic carbocycles. The molecule has 5 heteroatoms. The number of carboxylic acid groups (broad SMARTS) is 1. The molecule has 1 aromatic carbocycles. The largest absolute Gasteiger partial charge is 0.474 e. The second kappa shape index (κ2) is 5.95. The molecule has 0 unspecified atom stereocenters. The highest BCUT2D eigenvalue weighted by Crippen LogP contribution is 2.21. The standard InChI is InChI=1S/C13H15NO4/c1-3-8-14(12(16)13(17)18)11-7-5-4-6-10(11)9(2)15/h4-7H,3,8H2,1-2H3,(H,17,18). The molecule has 0 saturated heterocycles. The monoisotopic (exact) mass is 249 g/mol. The number of carbonyl (C=O) groups is 3. The molecule has 0 aromatic heterocycles. The van der Waals surface area contributed by atoms with E-state index in [-0.39, 0.29) is 12.3 Å². The number of carboxylic acids is 1. The van der Waals surface area contributed by atoms with Gasteiger partial charge in [0.05, 0.1) is 5.69 Å². The van der Waals surface area contributed by atoms with Crippen molar-refractivity contribution in [2.75, 3.05) is 11.4 Å². The molecule has 0 heterocycles. The van der Waals surface area contributed by atoms with Crippen LogP contribution in [0.1, 0.15) is 30.6 Å². The first-order valence-corrected chi connectivity index (χ1v) is 5.63. The van der Waals surface area contributed by atoms with E-state index in [1.165, 1.54) is 6.92 Å². The summed E-state index contributed by atoms with van der Waals surface area (Å²) in [4.78, 5) is 35.0. The van der Waals surface area contributed by atoms with E-state index >= 15 is 0 Å². The van der Waals surface area contributed by atoms with Crippen molar-refractivity contribution in [3.63, 3.8) is 0 Å². The molecule has 0 aliphatic rings. The lowest BCUT2D eigenvalue weighted by atomic mass is 10.1. The van der Waals surface area contributed by atoms with Crippen LogP contribution < -0.4 is 4.90 Å². The summed E-state index contributed by atoms with van der Waals surface area (Å²) in [6.45, 7) is 3.47. The molecule has 0 radical (unpaired) electrons. The summed E-state index contributed by atoms with van der Waals surface area (Å²) < 4.78 is 0. The normalized spacial score (nSPS) is 9.89. The molecule has 1 amide bonds. The van der Waals surface area contributed by atoms with Gasteiger partial charge in [0.2, 0.25) is 0 Å². The summed E-state index contributed by atoms with van der Waals surface area (Å²) in [5.41, 5.74) is 0.694. The van der Waals surface area contributed by atoms with Gasteiger partial charge >= 0.3 is 11.9 Å². The van der Waals surface area contributed by atoms with Crippen LogP contribution >= 0.6 is 0 Å². The molecular weight excluding hydrogens is 234 g/mol. The molecule has 0 fully saturated rings. The molecule has 0 bridgehead atoms. The van der Waals surface area contributed by atoms with Crippen molar-refractivity contribution in [2.24, 2.45) is 0 Å². The molecule has 5 nitrogen and oxygen atoms in total. The Labute approximate surface area is 105 Å². The Kier molecular flexibility index (Phi) is 4.59. The van der Waals surface area contributed by atoms with Crippen molar-refractivity contribution in [2.45, 2.75) is 20.3 Å². The van der Waals surface area contributed by atoms with Crippen molar-refractivity contribution in [1.29, 1.82) is 0 Å². The Morgan fingerprint density at radius 2 is 1.83 bits per heavy atom. The lowest BCUT2D eigenvalue weighted by Gasteiger charge is -2.22. The number of aliphatic carboxylic acids is 1. The van der Waals surface area contributed by atoms with Crippen LogP contribution in [0.2, 0.25) is 0 Å². The lowest BCUT2D eigenvalue weighted by molar-refractivity contribution is -0.148. The van der Waals surface area contributed by atoms with Crippen LogP contribution in [-0.4, -0.2) is 29.3 Å². The van der Waals surface area contributed by atoms with Gasteiger partial charge in [-0.3, -0.25) is 9.59 Å². The second-order valence-electron chi connectivity index (χ2n) is 3.84. The van der Waals surface area contributed by atoms with Gasteiger partial charge in [-0.05, 0) is 25.5 Å². The summed E-state index contributed by atoms with van der Waals surface area (Å²) in [6, 6.07) is 6.50. The van der Waals surface area contributed by atoms with Gasteiger partial charge in [-0.2, -0.15) is 0 Å². The zero-order valence-electron chi connectivity index (χ0n) is 10.3. The van der Waals surface area contributed by atoms with E-state index in [9.17, 15) is 14.4 Å². The fraction of sp³-hybridized carbons (Fsp3) is 0.308. The van der Waals surface area contributed by atoms with E-state index in [1.54, 1.807) is 24.3 Å². The zero-order chi connectivity index (χ0) is 13.7. The summed E-state index contributed by atoms with van der Waals surface area (Å²) in [5, 5.41) is 8.79. The first kappa shape index (κ1) is 13.9. The topological polar surface area (TPSA) is 74.7 Å². The number of benzene rings is 1. The number of Topliss-reactive ketones (excluding diaryl/α,β-unsaturated/α-hetero) is 1. The van der Waals surface area contributed by atoms with Gasteiger partial charge in [-0.15, -0.1) is 0 Å². The van der Waals surface area contributed by atoms with Crippen molar-refractivity contribution >= 4 is 23.3 Å². The minimum Gasteiger partial charge on any atom is -0.474 e. The SMILES string of the molecule is CCCN(C(=O)C(=O)O)c1ccccc1C(C)=O. The van der Waals surface area contributed by atoms with Gasteiger partial charge in [0.25, 0.3) is 0 Å². The predicted molar refractivity (Wildman–Crippen MR) is 66.7 cm³/mol. The fourth-order valence-corrected chi connectivity index (χ4v) is 1.68. The average molecular weight is 249 g/mol. The number of ketones is 1. The highest BCUT2D eigenvalue weighted by atomic mass is 16.4. The Balaban J connectivity index is 3.25. The Hall–Kier alpha value is -2.17. The maximum absolute atomic E-state index is 11.6. The molecule has 1 N–H and O–H groups in total. The molecule has 1 aromatic rings. The highest BCUT2D eigenvalue weighted by molar-refractivity contribution is 6.37. The number of rotatable bonds is 4. The zero-order valence-corrected chi connectivity index (χ0v) is 10.3. The van der Waals surface area contributed by atoms with Crippen LogP contribution in [0, 0.1) is 0 Å². The molecule has 0 saturated carbocycles. The first-order chi connectivity index (χ1) is 8.49. The molecule has 1 rings (SSSR count). The summed E-state index contributed by atoms with van der Waals surface area (Å²) >= 11 is 0. The van der Waals surface area contributed by atoms with E-state index < -0.39 is 11.9 Å². The van der Waals surface area contributed by atoms with Crippen molar-refractivity contribution in [3.8, 4) is 0 Å². The van der Waals surface area contributed by atoms with Crippen molar-refractivity contribution < 1.29 is 19.5 Å². The summed E-state index contributed by atoms with van der Waals surface area (Å²) in [5.74, 6) is -2.75. The Morgan fingerprint density at radius 1 is 1.22 bits per heavy atom. The number of carbonyl (C=O) groups excluding carboxylic acids is 2. The van der Waals surface area contributed by atoms with Crippen LogP contribution in [0.5, 0.6) is 0 Å². The smallest absolute Gasteiger partial charge is 0.394 e. The molecule has 0 aliphatic heterocycles.